The van der Waals surface area contributed by atoms with Crippen LogP contribution in [0.25, 0.3) is 0 Å². The van der Waals surface area contributed by atoms with E-state index in [-0.39, 0.29) is 6.04 Å². The zero-order valence-electron chi connectivity index (χ0n) is 9.05. The Bertz CT molecular complexity index is 392. The van der Waals surface area contributed by atoms with Gasteiger partial charge in [-0.1, -0.05) is 40.9 Å². The SMILES string of the molecule is NC(C1=CCCCC1)c1c(Cl)cccc1Cl. The van der Waals surface area contributed by atoms with Crippen LogP contribution in [0.3, 0.4) is 0 Å². The molecular formula is C13H15Cl2N. The molecule has 1 aromatic rings. The highest BCUT2D eigenvalue weighted by Crippen LogP contribution is 2.35. The molecule has 2 rings (SSSR count). The lowest BCUT2D eigenvalue weighted by Crippen LogP contribution is -2.15. The van der Waals surface area contributed by atoms with Crippen molar-refractivity contribution in [3.8, 4) is 0 Å². The Morgan fingerprint density at radius 1 is 1.12 bits per heavy atom. The van der Waals surface area contributed by atoms with Crippen LogP contribution in [0, 0.1) is 0 Å². The van der Waals surface area contributed by atoms with E-state index >= 15 is 0 Å². The Morgan fingerprint density at radius 3 is 2.38 bits per heavy atom. The second-order valence-electron chi connectivity index (χ2n) is 4.14. The van der Waals surface area contributed by atoms with Crippen LogP contribution in [-0.2, 0) is 0 Å². The van der Waals surface area contributed by atoms with Gasteiger partial charge in [0.2, 0.25) is 0 Å². The van der Waals surface area contributed by atoms with E-state index in [0.29, 0.717) is 10.0 Å². The van der Waals surface area contributed by atoms with Gasteiger partial charge in [0.1, 0.15) is 0 Å². The van der Waals surface area contributed by atoms with Crippen molar-refractivity contribution in [3.05, 3.63) is 45.5 Å². The number of hydrogen-bond acceptors (Lipinski definition) is 1. The summed E-state index contributed by atoms with van der Waals surface area (Å²) >= 11 is 12.3. The molecule has 86 valence electrons. The molecule has 0 radical (unpaired) electrons. The molecule has 0 saturated carbocycles. The van der Waals surface area contributed by atoms with E-state index in [4.69, 9.17) is 28.9 Å². The molecule has 0 aromatic heterocycles. The zero-order chi connectivity index (χ0) is 11.5. The first-order valence-electron chi connectivity index (χ1n) is 5.58. The molecule has 0 amide bonds. The number of benzene rings is 1. The molecule has 1 aliphatic rings. The minimum absolute atomic E-state index is 0.151. The average Bonchev–Trinajstić information content (AvgIpc) is 2.30. The van der Waals surface area contributed by atoms with Gasteiger partial charge in [-0.25, -0.2) is 0 Å². The zero-order valence-corrected chi connectivity index (χ0v) is 10.6. The van der Waals surface area contributed by atoms with Gasteiger partial charge in [0.15, 0.2) is 0 Å². The van der Waals surface area contributed by atoms with Crippen molar-refractivity contribution in [2.75, 3.05) is 0 Å². The Hall–Kier alpha value is -0.500. The fourth-order valence-corrected chi connectivity index (χ4v) is 2.77. The predicted molar refractivity (Wildman–Crippen MR) is 69.9 cm³/mol. The van der Waals surface area contributed by atoms with Crippen LogP contribution in [0.4, 0.5) is 0 Å². The van der Waals surface area contributed by atoms with Gasteiger partial charge in [-0.15, -0.1) is 0 Å². The van der Waals surface area contributed by atoms with E-state index in [0.717, 1.165) is 18.4 Å². The Labute approximate surface area is 106 Å². The molecule has 1 nitrogen and oxygen atoms in total. The summed E-state index contributed by atoms with van der Waals surface area (Å²) in [6.07, 6.45) is 6.87. The molecular weight excluding hydrogens is 241 g/mol. The van der Waals surface area contributed by atoms with Crippen LogP contribution < -0.4 is 5.73 Å². The summed E-state index contributed by atoms with van der Waals surface area (Å²) in [6.45, 7) is 0. The maximum absolute atomic E-state index is 6.23. The van der Waals surface area contributed by atoms with Crippen molar-refractivity contribution < 1.29 is 0 Å². The van der Waals surface area contributed by atoms with Gasteiger partial charge in [0, 0.05) is 15.6 Å². The number of allylic oxidation sites excluding steroid dienone is 1. The van der Waals surface area contributed by atoms with E-state index in [9.17, 15) is 0 Å². The van der Waals surface area contributed by atoms with Crippen molar-refractivity contribution in [1.29, 1.82) is 0 Å². The Kier molecular flexibility index (Phi) is 3.91. The molecule has 0 aliphatic heterocycles. The lowest BCUT2D eigenvalue weighted by Gasteiger charge is -2.21. The fourth-order valence-electron chi connectivity index (χ4n) is 2.14. The number of rotatable bonds is 2. The van der Waals surface area contributed by atoms with Crippen molar-refractivity contribution in [2.45, 2.75) is 31.7 Å². The van der Waals surface area contributed by atoms with E-state index in [1.165, 1.54) is 18.4 Å². The van der Waals surface area contributed by atoms with E-state index in [1.54, 1.807) is 0 Å². The topological polar surface area (TPSA) is 26.0 Å². The molecule has 1 unspecified atom stereocenters. The second-order valence-corrected chi connectivity index (χ2v) is 4.95. The lowest BCUT2D eigenvalue weighted by molar-refractivity contribution is 0.648. The third kappa shape index (κ3) is 2.42. The average molecular weight is 256 g/mol. The summed E-state index contributed by atoms with van der Waals surface area (Å²) in [7, 11) is 0. The summed E-state index contributed by atoms with van der Waals surface area (Å²) in [5.41, 5.74) is 8.36. The van der Waals surface area contributed by atoms with Gasteiger partial charge in [-0.3, -0.25) is 0 Å². The molecule has 0 saturated heterocycles. The summed E-state index contributed by atoms with van der Waals surface area (Å²) < 4.78 is 0. The number of nitrogens with two attached hydrogens (primary N) is 1. The Morgan fingerprint density at radius 2 is 1.81 bits per heavy atom. The largest absolute Gasteiger partial charge is 0.320 e. The van der Waals surface area contributed by atoms with Crippen molar-refractivity contribution in [2.24, 2.45) is 5.73 Å². The van der Waals surface area contributed by atoms with Crippen LogP contribution in [0.1, 0.15) is 37.3 Å². The maximum Gasteiger partial charge on any atom is 0.0540 e. The van der Waals surface area contributed by atoms with Gasteiger partial charge in [-0.2, -0.15) is 0 Å². The summed E-state index contributed by atoms with van der Waals surface area (Å²) in [5, 5.41) is 1.32. The molecule has 0 fully saturated rings. The van der Waals surface area contributed by atoms with Crippen molar-refractivity contribution >= 4 is 23.2 Å². The van der Waals surface area contributed by atoms with Crippen molar-refractivity contribution in [1.82, 2.24) is 0 Å². The molecule has 0 spiro atoms. The number of hydrogen-bond donors (Lipinski definition) is 1. The first-order valence-corrected chi connectivity index (χ1v) is 6.34. The van der Waals surface area contributed by atoms with E-state index < -0.39 is 0 Å². The van der Waals surface area contributed by atoms with Crippen LogP contribution >= 0.6 is 23.2 Å². The summed E-state index contributed by atoms with van der Waals surface area (Å²) in [4.78, 5) is 0. The fraction of sp³-hybridized carbons (Fsp3) is 0.385. The quantitative estimate of drug-likeness (QED) is 0.775. The minimum atomic E-state index is -0.151. The van der Waals surface area contributed by atoms with Crippen LogP contribution in [0.15, 0.2) is 29.8 Å². The van der Waals surface area contributed by atoms with Crippen LogP contribution in [0.5, 0.6) is 0 Å². The normalized spacial score (nSPS) is 18.1. The second kappa shape index (κ2) is 5.22. The number of halogens is 2. The lowest BCUT2D eigenvalue weighted by atomic mass is 9.90. The highest BCUT2D eigenvalue weighted by atomic mass is 35.5. The molecule has 1 aromatic carbocycles. The third-order valence-electron chi connectivity index (χ3n) is 3.04. The highest BCUT2D eigenvalue weighted by molar-refractivity contribution is 6.36. The van der Waals surface area contributed by atoms with Crippen LogP contribution in [-0.4, -0.2) is 0 Å². The molecule has 1 aliphatic carbocycles. The maximum atomic E-state index is 6.23. The smallest absolute Gasteiger partial charge is 0.0540 e. The highest BCUT2D eigenvalue weighted by Gasteiger charge is 2.18. The summed E-state index contributed by atoms with van der Waals surface area (Å²) in [5.74, 6) is 0. The third-order valence-corrected chi connectivity index (χ3v) is 3.70. The van der Waals surface area contributed by atoms with Gasteiger partial charge in [0.25, 0.3) is 0 Å². The molecule has 0 heterocycles. The van der Waals surface area contributed by atoms with Gasteiger partial charge < -0.3 is 5.73 Å². The molecule has 1 atom stereocenters. The minimum Gasteiger partial charge on any atom is -0.320 e. The van der Waals surface area contributed by atoms with Gasteiger partial charge >= 0.3 is 0 Å². The van der Waals surface area contributed by atoms with Gasteiger partial charge in [-0.05, 0) is 37.8 Å². The first-order chi connectivity index (χ1) is 7.70. The molecule has 2 N–H and O–H groups in total. The van der Waals surface area contributed by atoms with Gasteiger partial charge in [0.05, 0.1) is 6.04 Å². The summed E-state index contributed by atoms with van der Waals surface area (Å²) in [6, 6.07) is 5.37. The molecule has 0 bridgehead atoms. The van der Waals surface area contributed by atoms with E-state index in [1.807, 2.05) is 18.2 Å². The van der Waals surface area contributed by atoms with Crippen molar-refractivity contribution in [3.63, 3.8) is 0 Å². The molecule has 16 heavy (non-hydrogen) atoms. The van der Waals surface area contributed by atoms with E-state index in [2.05, 4.69) is 6.08 Å². The first kappa shape index (κ1) is 12.0. The Balaban J connectivity index is 2.33. The van der Waals surface area contributed by atoms with Crippen LogP contribution in [0.2, 0.25) is 10.0 Å². The standard InChI is InChI=1S/C13H15Cl2N/c14-10-7-4-8-11(15)12(10)13(16)9-5-2-1-3-6-9/h4-5,7-8,13H,1-3,6,16H2. The molecule has 3 heteroatoms. The predicted octanol–water partition coefficient (Wildman–Crippen LogP) is 4.49. The monoisotopic (exact) mass is 255 g/mol.